The zero-order chi connectivity index (χ0) is 26.0. The minimum absolute atomic E-state index is 0.00580. The zero-order valence-electron chi connectivity index (χ0n) is 20.3. The van der Waals surface area contributed by atoms with Gasteiger partial charge in [0, 0.05) is 17.6 Å². The van der Waals surface area contributed by atoms with Crippen molar-refractivity contribution in [2.45, 2.75) is 59.0 Å². The predicted molar refractivity (Wildman–Crippen MR) is 128 cm³/mol. The first-order valence-corrected chi connectivity index (χ1v) is 11.6. The van der Waals surface area contributed by atoms with Crippen molar-refractivity contribution in [3.8, 4) is 6.07 Å². The summed E-state index contributed by atoms with van der Waals surface area (Å²) in [4.78, 5) is 13.2. The van der Waals surface area contributed by atoms with Crippen molar-refractivity contribution < 1.29 is 22.6 Å². The number of alkyl halides is 3. The summed E-state index contributed by atoms with van der Waals surface area (Å²) in [5, 5.41) is 9.44. The first-order valence-electron chi connectivity index (χ1n) is 11.6. The maximum Gasteiger partial charge on any atom is 0.417 e. The third kappa shape index (κ3) is 5.24. The zero-order valence-corrected chi connectivity index (χ0v) is 20.3. The van der Waals surface area contributed by atoms with Gasteiger partial charge in [0.15, 0.2) is 5.76 Å². The predicted octanol–water partition coefficient (Wildman–Crippen LogP) is 5.93. The van der Waals surface area contributed by atoms with E-state index in [0.717, 1.165) is 42.0 Å². The summed E-state index contributed by atoms with van der Waals surface area (Å²) in [5.41, 5.74) is 6.01. The number of hydrogen-bond acceptors (Lipinski definition) is 4. The molecule has 0 amide bonds. The molecule has 0 spiro atoms. The average Bonchev–Trinajstić information content (AvgIpc) is 2.83. The molecule has 2 aliphatic rings. The fourth-order valence-corrected chi connectivity index (χ4v) is 4.29. The minimum Gasteiger partial charge on any atom is -0.457 e. The SMILES string of the molecule is CC1=CC(c2cc(C(F)(F)F)c(C#N)c(=O)n2Cc2ccc(C)cc2C)=C=C=C1OC1CCCCO1. The van der Waals surface area contributed by atoms with Gasteiger partial charge in [0.1, 0.15) is 11.6 Å². The maximum absolute atomic E-state index is 13.8. The lowest BCUT2D eigenvalue weighted by atomic mass is 10.00. The van der Waals surface area contributed by atoms with E-state index in [2.05, 4.69) is 11.5 Å². The van der Waals surface area contributed by atoms with Crippen LogP contribution in [0.15, 0.2) is 57.9 Å². The molecule has 0 saturated carbocycles. The lowest BCUT2D eigenvalue weighted by molar-refractivity contribution is -0.138. The number of aryl methyl sites for hydroxylation is 2. The van der Waals surface area contributed by atoms with Crippen LogP contribution in [0.2, 0.25) is 0 Å². The first kappa shape index (κ1) is 25.3. The second-order valence-corrected chi connectivity index (χ2v) is 8.98. The van der Waals surface area contributed by atoms with Crippen LogP contribution >= 0.6 is 0 Å². The van der Waals surface area contributed by atoms with Crippen LogP contribution in [0.5, 0.6) is 0 Å². The Kier molecular flexibility index (Phi) is 7.10. The second kappa shape index (κ2) is 10.1. The highest BCUT2D eigenvalue weighted by molar-refractivity contribution is 5.75. The van der Waals surface area contributed by atoms with Gasteiger partial charge in [0.25, 0.3) is 5.56 Å². The van der Waals surface area contributed by atoms with Gasteiger partial charge < -0.3 is 14.0 Å². The van der Waals surface area contributed by atoms with E-state index in [1.54, 1.807) is 13.0 Å². The summed E-state index contributed by atoms with van der Waals surface area (Å²) >= 11 is 0. The average molecular weight is 495 g/mol. The molecule has 0 bridgehead atoms. The largest absolute Gasteiger partial charge is 0.457 e. The fourth-order valence-electron chi connectivity index (χ4n) is 4.29. The van der Waals surface area contributed by atoms with Gasteiger partial charge in [-0.1, -0.05) is 29.5 Å². The number of rotatable bonds is 5. The Morgan fingerprint density at radius 3 is 2.58 bits per heavy atom. The molecule has 2 heterocycles. The van der Waals surface area contributed by atoms with E-state index >= 15 is 0 Å². The second-order valence-electron chi connectivity index (χ2n) is 8.98. The van der Waals surface area contributed by atoms with E-state index in [4.69, 9.17) is 9.47 Å². The van der Waals surface area contributed by atoms with Gasteiger partial charge in [-0.25, -0.2) is 0 Å². The topological polar surface area (TPSA) is 64.2 Å². The van der Waals surface area contributed by atoms with Crippen molar-refractivity contribution in [2.75, 3.05) is 6.61 Å². The van der Waals surface area contributed by atoms with Crippen molar-refractivity contribution in [1.82, 2.24) is 4.57 Å². The van der Waals surface area contributed by atoms with Crippen LogP contribution in [0.3, 0.4) is 0 Å². The molecule has 1 aliphatic carbocycles. The molecular formula is C28H25F3N2O3. The van der Waals surface area contributed by atoms with E-state index in [-0.39, 0.29) is 17.8 Å². The Morgan fingerprint density at radius 2 is 1.97 bits per heavy atom. The Bertz CT molecular complexity index is 1440. The lowest BCUT2D eigenvalue weighted by Crippen LogP contribution is -2.30. The molecule has 186 valence electrons. The molecule has 36 heavy (non-hydrogen) atoms. The molecule has 1 atom stereocenters. The van der Waals surface area contributed by atoms with E-state index in [0.29, 0.717) is 17.9 Å². The van der Waals surface area contributed by atoms with Gasteiger partial charge in [-0.2, -0.15) is 18.4 Å². The summed E-state index contributed by atoms with van der Waals surface area (Å²) in [6.45, 7) is 6.13. The summed E-state index contributed by atoms with van der Waals surface area (Å²) in [6, 6.07) is 7.92. The molecule has 0 N–H and O–H groups in total. The number of nitriles is 1. The molecule has 5 nitrogen and oxygen atoms in total. The highest BCUT2D eigenvalue weighted by Gasteiger charge is 2.37. The Labute approximate surface area is 207 Å². The summed E-state index contributed by atoms with van der Waals surface area (Å²) in [5.74, 6) is 0.388. The van der Waals surface area contributed by atoms with Crippen molar-refractivity contribution in [1.29, 1.82) is 5.26 Å². The number of allylic oxidation sites excluding steroid dienone is 3. The summed E-state index contributed by atoms with van der Waals surface area (Å²) < 4.78 is 54.1. The van der Waals surface area contributed by atoms with Gasteiger partial charge in [0.05, 0.1) is 24.4 Å². The van der Waals surface area contributed by atoms with Gasteiger partial charge in [0.2, 0.25) is 6.29 Å². The highest BCUT2D eigenvalue weighted by atomic mass is 19.4. The number of hydrogen-bond donors (Lipinski definition) is 0. The number of halogens is 3. The number of nitrogens with zero attached hydrogens (tertiary/aromatic N) is 2. The number of aromatic nitrogens is 1. The van der Waals surface area contributed by atoms with Crippen LogP contribution in [0.1, 0.15) is 59.7 Å². The standard InChI is InChI=1S/C28H25F3N2O3/c1-17-7-8-21(18(2)12-17)16-33-24(14-23(28(29,30)31)22(15-32)27(33)34)20-9-10-25(19(3)13-20)36-26-6-4-5-11-35-26/h7-8,12-14,26H,4-6,11,16H2,1-3H3. The van der Waals surface area contributed by atoms with Crippen molar-refractivity contribution >= 4 is 5.57 Å². The van der Waals surface area contributed by atoms with Gasteiger partial charge in [-0.3, -0.25) is 4.79 Å². The van der Waals surface area contributed by atoms with E-state index in [1.165, 1.54) is 10.6 Å². The number of pyridine rings is 1. The molecular weight excluding hydrogens is 469 g/mol. The molecule has 2 aromatic rings. The van der Waals surface area contributed by atoms with Gasteiger partial charge in [-0.15, -0.1) is 0 Å². The lowest BCUT2D eigenvalue weighted by Gasteiger charge is -2.24. The Morgan fingerprint density at radius 1 is 1.19 bits per heavy atom. The molecule has 1 saturated heterocycles. The van der Waals surface area contributed by atoms with Crippen LogP contribution in [0, 0.1) is 25.2 Å². The van der Waals surface area contributed by atoms with Crippen LogP contribution < -0.4 is 5.56 Å². The molecule has 0 radical (unpaired) electrons. The normalized spacial score (nSPS) is 17.7. The van der Waals surface area contributed by atoms with Gasteiger partial charge in [-0.05, 0) is 62.6 Å². The van der Waals surface area contributed by atoms with E-state index < -0.39 is 29.2 Å². The molecule has 8 heteroatoms. The number of benzene rings is 1. The minimum atomic E-state index is -4.88. The van der Waals surface area contributed by atoms with Crippen LogP contribution in [0.4, 0.5) is 13.2 Å². The smallest absolute Gasteiger partial charge is 0.417 e. The van der Waals surface area contributed by atoms with Crippen LogP contribution in [-0.2, 0) is 22.2 Å². The molecule has 1 unspecified atom stereocenters. The third-order valence-corrected chi connectivity index (χ3v) is 6.24. The molecule has 1 aromatic carbocycles. The van der Waals surface area contributed by atoms with Crippen LogP contribution in [-0.4, -0.2) is 17.5 Å². The Hall–Kier alpha value is -3.75. The summed E-state index contributed by atoms with van der Waals surface area (Å²) in [7, 11) is 0. The van der Waals surface area contributed by atoms with E-state index in [9.17, 15) is 23.2 Å². The molecule has 1 aliphatic heterocycles. The molecule has 1 aromatic heterocycles. The fraction of sp³-hybridized carbons (Fsp3) is 0.357. The monoisotopic (exact) mass is 494 g/mol. The summed E-state index contributed by atoms with van der Waals surface area (Å²) in [6.07, 6.45) is -1.02. The van der Waals surface area contributed by atoms with E-state index in [1.807, 2.05) is 32.0 Å². The third-order valence-electron chi connectivity index (χ3n) is 6.24. The quantitative estimate of drug-likeness (QED) is 0.484. The first-order chi connectivity index (χ1) is 17.1. The number of ether oxygens (including phenoxy) is 2. The molecule has 1 fully saturated rings. The highest BCUT2D eigenvalue weighted by Crippen LogP contribution is 2.34. The maximum atomic E-state index is 13.8. The van der Waals surface area contributed by atoms with Crippen LogP contribution in [0.25, 0.3) is 5.57 Å². The van der Waals surface area contributed by atoms with Crippen molar-refractivity contribution in [3.63, 3.8) is 0 Å². The Balaban J connectivity index is 1.89. The molecule has 4 rings (SSSR count). The van der Waals surface area contributed by atoms with Crippen molar-refractivity contribution in [3.05, 3.63) is 97.0 Å². The van der Waals surface area contributed by atoms with Gasteiger partial charge >= 0.3 is 6.18 Å². The van der Waals surface area contributed by atoms with Crippen molar-refractivity contribution in [2.24, 2.45) is 0 Å².